The van der Waals surface area contributed by atoms with E-state index in [-0.39, 0.29) is 17.1 Å². The van der Waals surface area contributed by atoms with Gasteiger partial charge in [-0.1, -0.05) is 12.1 Å². The standard InChI is InChI=1S/C20H28BNO5/c1-19(2)20(3,4)27-21(26-19)15-5-7-16(8-6-15)25-17-9-10-22(18(17)23)11-14-12-24-13-14/h5-8,14,17H,9-13H2,1-4H3/t17-/m1/s1. The van der Waals surface area contributed by atoms with Crippen LogP contribution in [0.1, 0.15) is 34.1 Å². The van der Waals surface area contributed by atoms with Gasteiger partial charge in [0.1, 0.15) is 5.75 Å². The molecule has 4 rings (SSSR count). The zero-order valence-electron chi connectivity index (χ0n) is 16.6. The first kappa shape index (κ1) is 18.8. The van der Waals surface area contributed by atoms with Gasteiger partial charge in [-0.25, -0.2) is 0 Å². The molecule has 0 N–H and O–H groups in total. The molecule has 0 unspecified atom stereocenters. The summed E-state index contributed by atoms with van der Waals surface area (Å²) in [5.41, 5.74) is 0.223. The normalized spacial score (nSPS) is 27.1. The third-order valence-corrected chi connectivity index (χ3v) is 6.12. The molecule has 0 radical (unpaired) electrons. The summed E-state index contributed by atoms with van der Waals surface area (Å²) in [4.78, 5) is 14.4. The number of carbonyl (C=O) groups excluding carboxylic acids is 1. The van der Waals surface area contributed by atoms with Gasteiger partial charge in [-0.15, -0.1) is 0 Å². The minimum atomic E-state index is -0.395. The van der Waals surface area contributed by atoms with Crippen LogP contribution in [0.15, 0.2) is 24.3 Å². The predicted molar refractivity (Wildman–Crippen MR) is 102 cm³/mol. The van der Waals surface area contributed by atoms with E-state index >= 15 is 0 Å². The fraction of sp³-hybridized carbons (Fsp3) is 0.650. The molecule has 3 saturated heterocycles. The fourth-order valence-electron chi connectivity index (χ4n) is 3.55. The second-order valence-corrected chi connectivity index (χ2v) is 8.74. The Balaban J connectivity index is 1.35. The maximum atomic E-state index is 12.5. The van der Waals surface area contributed by atoms with Crippen molar-refractivity contribution in [1.29, 1.82) is 0 Å². The first-order chi connectivity index (χ1) is 12.7. The van der Waals surface area contributed by atoms with Crippen LogP contribution < -0.4 is 10.2 Å². The number of likely N-dealkylation sites (tertiary alicyclic amines) is 1. The Morgan fingerprint density at radius 3 is 2.30 bits per heavy atom. The van der Waals surface area contributed by atoms with Crippen molar-refractivity contribution in [3.63, 3.8) is 0 Å². The maximum absolute atomic E-state index is 12.5. The Morgan fingerprint density at radius 1 is 1.11 bits per heavy atom. The molecule has 6 nitrogen and oxygen atoms in total. The van der Waals surface area contributed by atoms with E-state index in [1.165, 1.54) is 0 Å². The van der Waals surface area contributed by atoms with E-state index in [0.717, 1.165) is 38.2 Å². The Hall–Kier alpha value is -1.57. The summed E-state index contributed by atoms with van der Waals surface area (Å²) in [6.45, 7) is 11.2. The number of ether oxygens (including phenoxy) is 2. The quantitative estimate of drug-likeness (QED) is 0.735. The van der Waals surface area contributed by atoms with Crippen molar-refractivity contribution in [1.82, 2.24) is 4.90 Å². The Kier molecular flexibility index (Phi) is 4.73. The number of nitrogens with zero attached hydrogens (tertiary/aromatic N) is 1. The molecule has 3 fully saturated rings. The Labute approximate surface area is 161 Å². The predicted octanol–water partition coefficient (Wildman–Crippen LogP) is 1.61. The smallest absolute Gasteiger partial charge is 0.481 e. The van der Waals surface area contributed by atoms with Gasteiger partial charge in [-0.05, 0) is 45.3 Å². The maximum Gasteiger partial charge on any atom is 0.494 e. The van der Waals surface area contributed by atoms with E-state index in [2.05, 4.69) is 0 Å². The van der Waals surface area contributed by atoms with Crippen LogP contribution in [0.25, 0.3) is 0 Å². The Morgan fingerprint density at radius 2 is 1.74 bits per heavy atom. The lowest BCUT2D eigenvalue weighted by atomic mass is 9.79. The van der Waals surface area contributed by atoms with E-state index in [1.54, 1.807) is 0 Å². The second kappa shape index (κ2) is 6.80. The molecule has 3 aliphatic rings. The number of amides is 1. The van der Waals surface area contributed by atoms with Crippen molar-refractivity contribution >= 4 is 18.5 Å². The zero-order valence-corrected chi connectivity index (χ0v) is 16.6. The highest BCUT2D eigenvalue weighted by molar-refractivity contribution is 6.62. The van der Waals surface area contributed by atoms with Gasteiger partial charge < -0.3 is 23.7 Å². The Bertz CT molecular complexity index is 685. The van der Waals surface area contributed by atoms with E-state index in [9.17, 15) is 4.79 Å². The van der Waals surface area contributed by atoms with Crippen LogP contribution in [0.2, 0.25) is 0 Å². The van der Waals surface area contributed by atoms with Gasteiger partial charge in [-0.3, -0.25) is 4.79 Å². The van der Waals surface area contributed by atoms with Crippen LogP contribution in [-0.2, 0) is 18.8 Å². The summed E-state index contributed by atoms with van der Waals surface area (Å²) >= 11 is 0. The van der Waals surface area contributed by atoms with E-state index in [1.807, 2.05) is 56.9 Å². The number of hydrogen-bond donors (Lipinski definition) is 0. The SMILES string of the molecule is CC1(C)OB(c2ccc(O[C@@H]3CCN(CC4COC4)C3=O)cc2)OC1(C)C. The first-order valence-electron chi connectivity index (χ1n) is 9.74. The fourth-order valence-corrected chi connectivity index (χ4v) is 3.55. The first-order valence-corrected chi connectivity index (χ1v) is 9.74. The van der Waals surface area contributed by atoms with Gasteiger partial charge in [0.2, 0.25) is 0 Å². The molecule has 0 aromatic heterocycles. The van der Waals surface area contributed by atoms with Crippen molar-refractivity contribution < 1.29 is 23.6 Å². The van der Waals surface area contributed by atoms with Gasteiger partial charge in [0, 0.05) is 25.4 Å². The van der Waals surface area contributed by atoms with Crippen LogP contribution in [0, 0.1) is 5.92 Å². The number of benzene rings is 1. The zero-order chi connectivity index (χ0) is 19.2. The van der Waals surface area contributed by atoms with E-state index in [0.29, 0.717) is 11.7 Å². The lowest BCUT2D eigenvalue weighted by molar-refractivity contribution is -0.136. The van der Waals surface area contributed by atoms with Gasteiger partial charge in [0.25, 0.3) is 5.91 Å². The number of rotatable bonds is 5. The van der Waals surface area contributed by atoms with Gasteiger partial charge >= 0.3 is 7.12 Å². The van der Waals surface area contributed by atoms with Crippen LogP contribution in [0.3, 0.4) is 0 Å². The molecular formula is C20H28BNO5. The van der Waals surface area contributed by atoms with Crippen LogP contribution in [0.5, 0.6) is 5.75 Å². The topological polar surface area (TPSA) is 57.2 Å². The lowest BCUT2D eigenvalue weighted by Gasteiger charge is -2.32. The minimum Gasteiger partial charge on any atom is -0.481 e. The molecule has 1 amide bonds. The molecule has 3 heterocycles. The largest absolute Gasteiger partial charge is 0.494 e. The van der Waals surface area contributed by atoms with Crippen molar-refractivity contribution in [2.75, 3.05) is 26.3 Å². The third kappa shape index (κ3) is 3.60. The summed E-state index contributed by atoms with van der Waals surface area (Å²) in [6.07, 6.45) is 0.333. The monoisotopic (exact) mass is 373 g/mol. The lowest BCUT2D eigenvalue weighted by Crippen LogP contribution is -2.42. The number of hydrogen-bond acceptors (Lipinski definition) is 5. The highest BCUT2D eigenvalue weighted by atomic mass is 16.7. The summed E-state index contributed by atoms with van der Waals surface area (Å²) in [5, 5.41) is 0. The highest BCUT2D eigenvalue weighted by Gasteiger charge is 2.51. The van der Waals surface area contributed by atoms with Gasteiger partial charge in [0.15, 0.2) is 6.10 Å². The second-order valence-electron chi connectivity index (χ2n) is 8.74. The van der Waals surface area contributed by atoms with Gasteiger partial charge in [0.05, 0.1) is 24.4 Å². The summed E-state index contributed by atoms with van der Waals surface area (Å²) in [7, 11) is -0.391. The van der Waals surface area contributed by atoms with Crippen molar-refractivity contribution in [2.24, 2.45) is 5.92 Å². The molecule has 0 saturated carbocycles. The molecule has 1 aromatic rings. The van der Waals surface area contributed by atoms with Crippen LogP contribution >= 0.6 is 0 Å². The molecule has 1 aromatic carbocycles. The average molecular weight is 373 g/mol. The molecule has 0 spiro atoms. The summed E-state index contributed by atoms with van der Waals surface area (Å²) in [6, 6.07) is 7.66. The van der Waals surface area contributed by atoms with Crippen LogP contribution in [0.4, 0.5) is 0 Å². The molecule has 0 bridgehead atoms. The molecular weight excluding hydrogens is 345 g/mol. The molecule has 7 heteroatoms. The van der Waals surface area contributed by atoms with Crippen molar-refractivity contribution in [3.8, 4) is 5.75 Å². The molecule has 27 heavy (non-hydrogen) atoms. The minimum absolute atomic E-state index is 0.0805. The number of carbonyl (C=O) groups is 1. The highest BCUT2D eigenvalue weighted by Crippen LogP contribution is 2.36. The van der Waals surface area contributed by atoms with Crippen molar-refractivity contribution in [2.45, 2.75) is 51.4 Å². The van der Waals surface area contributed by atoms with E-state index < -0.39 is 13.2 Å². The summed E-state index contributed by atoms with van der Waals surface area (Å²) in [5.74, 6) is 1.26. The third-order valence-electron chi connectivity index (χ3n) is 6.12. The molecule has 3 aliphatic heterocycles. The van der Waals surface area contributed by atoms with Crippen LogP contribution in [-0.4, -0.2) is 61.5 Å². The summed E-state index contributed by atoms with van der Waals surface area (Å²) < 4.78 is 23.3. The van der Waals surface area contributed by atoms with E-state index in [4.69, 9.17) is 18.8 Å². The molecule has 146 valence electrons. The molecule has 1 atom stereocenters. The van der Waals surface area contributed by atoms with Crippen molar-refractivity contribution in [3.05, 3.63) is 24.3 Å². The molecule has 0 aliphatic carbocycles. The van der Waals surface area contributed by atoms with Gasteiger partial charge in [-0.2, -0.15) is 0 Å². The average Bonchev–Trinajstić information content (AvgIpc) is 3.01.